The number of nitrogens with one attached hydrogen (secondary N) is 1. The Hall–Kier alpha value is -2.34. The Balaban J connectivity index is 1.85. The van der Waals surface area contributed by atoms with Gasteiger partial charge in [0.05, 0.1) is 37.1 Å². The van der Waals surface area contributed by atoms with Crippen molar-refractivity contribution in [1.29, 1.82) is 0 Å². The van der Waals surface area contributed by atoms with Gasteiger partial charge in [-0.2, -0.15) is 0 Å². The summed E-state index contributed by atoms with van der Waals surface area (Å²) in [5.41, 5.74) is 7.65. The van der Waals surface area contributed by atoms with Gasteiger partial charge in [0.2, 0.25) is 0 Å². The molecule has 11 heteroatoms. The predicted molar refractivity (Wildman–Crippen MR) is 117 cm³/mol. The van der Waals surface area contributed by atoms with Crippen LogP contribution in [-0.2, 0) is 19.3 Å². The number of nitrogen functional groups attached to an aromatic ring is 1. The van der Waals surface area contributed by atoms with Crippen LogP contribution in [0.5, 0.6) is 11.5 Å². The Kier molecular flexibility index (Phi) is 7.10. The molecule has 1 saturated heterocycles. The normalized spacial score (nSPS) is 19.0. The van der Waals surface area contributed by atoms with Crippen LogP contribution in [0.2, 0.25) is 0 Å². The minimum absolute atomic E-state index is 0.152. The van der Waals surface area contributed by atoms with Gasteiger partial charge in [0, 0.05) is 23.2 Å². The Morgan fingerprint density at radius 3 is 2.68 bits per heavy atom. The summed E-state index contributed by atoms with van der Waals surface area (Å²) in [4.78, 5) is 12.0. The predicted octanol–water partition coefficient (Wildman–Crippen LogP) is 2.30. The van der Waals surface area contributed by atoms with Gasteiger partial charge in [0.15, 0.2) is 11.5 Å². The van der Waals surface area contributed by atoms with Crippen molar-refractivity contribution in [2.45, 2.75) is 25.3 Å². The van der Waals surface area contributed by atoms with E-state index in [0.717, 1.165) is 0 Å². The molecule has 3 rings (SSSR count). The van der Waals surface area contributed by atoms with Crippen molar-refractivity contribution in [1.82, 2.24) is 5.32 Å². The van der Waals surface area contributed by atoms with Gasteiger partial charge in [-0.15, -0.1) is 11.3 Å². The summed E-state index contributed by atoms with van der Waals surface area (Å²) < 4.78 is 45.6. The van der Waals surface area contributed by atoms with E-state index in [1.807, 2.05) is 6.92 Å². The zero-order chi connectivity index (χ0) is 22.8. The molecule has 0 saturated carbocycles. The van der Waals surface area contributed by atoms with Crippen molar-refractivity contribution >= 4 is 32.1 Å². The molecule has 0 spiro atoms. The number of esters is 1. The van der Waals surface area contributed by atoms with Crippen LogP contribution >= 0.6 is 11.3 Å². The number of rotatable bonds is 10. The lowest BCUT2D eigenvalue weighted by Crippen LogP contribution is -2.30. The van der Waals surface area contributed by atoms with Crippen LogP contribution in [-0.4, -0.2) is 53.5 Å². The average molecular weight is 471 g/mol. The number of benzene rings is 1. The van der Waals surface area contributed by atoms with E-state index in [4.69, 9.17) is 24.7 Å². The summed E-state index contributed by atoms with van der Waals surface area (Å²) >= 11 is 1.22. The van der Waals surface area contributed by atoms with Crippen LogP contribution in [0, 0.1) is 0 Å². The molecule has 0 aliphatic carbocycles. The highest BCUT2D eigenvalue weighted by Gasteiger charge is 2.46. The third-order valence-electron chi connectivity index (χ3n) is 4.77. The first-order chi connectivity index (χ1) is 14.7. The highest BCUT2D eigenvalue weighted by atomic mass is 32.2. The van der Waals surface area contributed by atoms with Crippen LogP contribution in [0.3, 0.4) is 0 Å². The summed E-state index contributed by atoms with van der Waals surface area (Å²) in [7, 11) is -0.487. The van der Waals surface area contributed by atoms with Crippen molar-refractivity contribution in [2.24, 2.45) is 0 Å². The van der Waals surface area contributed by atoms with Crippen molar-refractivity contribution in [3.05, 3.63) is 40.3 Å². The molecule has 31 heavy (non-hydrogen) atoms. The zero-order valence-corrected chi connectivity index (χ0v) is 19.3. The minimum atomic E-state index is -3.32. The summed E-state index contributed by atoms with van der Waals surface area (Å²) in [6.45, 7) is 2.29. The quantitative estimate of drug-likeness (QED) is 0.397. The Morgan fingerprint density at radius 1 is 1.32 bits per heavy atom. The lowest BCUT2D eigenvalue weighted by molar-refractivity contribution is 0.0599. The van der Waals surface area contributed by atoms with Gasteiger partial charge in [-0.3, -0.25) is 5.32 Å². The maximum absolute atomic E-state index is 12.1. The monoisotopic (exact) mass is 470 g/mol. The number of hydrogen-bond acceptors (Lipinski definition) is 10. The second kappa shape index (κ2) is 9.43. The molecule has 0 bridgehead atoms. The molecule has 1 fully saturated rings. The summed E-state index contributed by atoms with van der Waals surface area (Å²) in [6.07, 6.45) is 0.184. The molecule has 0 amide bonds. The molecular formula is C20H26N2O7S2. The lowest BCUT2D eigenvalue weighted by Gasteiger charge is -2.19. The number of ether oxygens (including phenoxy) is 4. The van der Waals surface area contributed by atoms with Crippen LogP contribution in [0.4, 0.5) is 5.00 Å². The van der Waals surface area contributed by atoms with E-state index in [-0.39, 0.29) is 5.75 Å². The van der Waals surface area contributed by atoms with Gasteiger partial charge in [0.25, 0.3) is 0 Å². The second-order valence-corrected chi connectivity index (χ2v) is 10.1. The number of anilines is 1. The van der Waals surface area contributed by atoms with Gasteiger partial charge in [-0.05, 0) is 24.6 Å². The van der Waals surface area contributed by atoms with Crippen LogP contribution in [0.15, 0.2) is 23.6 Å². The van der Waals surface area contributed by atoms with Crippen molar-refractivity contribution in [3.63, 3.8) is 0 Å². The number of hydrogen-bond donors (Lipinski definition) is 2. The molecule has 2 unspecified atom stereocenters. The van der Waals surface area contributed by atoms with E-state index in [1.54, 1.807) is 23.6 Å². The average Bonchev–Trinajstić information content (AvgIpc) is 3.36. The molecule has 1 aliphatic heterocycles. The molecule has 1 aliphatic rings. The molecule has 0 radical (unpaired) electrons. The third kappa shape index (κ3) is 5.48. The van der Waals surface area contributed by atoms with Gasteiger partial charge in [-0.25, -0.2) is 13.2 Å². The number of methoxy groups -OCH3 is 2. The van der Waals surface area contributed by atoms with Gasteiger partial charge < -0.3 is 24.7 Å². The van der Waals surface area contributed by atoms with Crippen molar-refractivity contribution < 1.29 is 32.2 Å². The fourth-order valence-corrected chi connectivity index (χ4v) is 5.04. The highest BCUT2D eigenvalue weighted by molar-refractivity contribution is 7.90. The highest BCUT2D eigenvalue weighted by Crippen LogP contribution is 2.45. The number of sulfone groups is 1. The van der Waals surface area contributed by atoms with E-state index in [0.29, 0.717) is 39.8 Å². The number of nitrogens with two attached hydrogens (primary N) is 1. The van der Waals surface area contributed by atoms with Crippen molar-refractivity contribution in [3.8, 4) is 11.5 Å². The van der Waals surface area contributed by atoms with Gasteiger partial charge in [0.1, 0.15) is 22.2 Å². The van der Waals surface area contributed by atoms with Crippen LogP contribution in [0.1, 0.15) is 40.6 Å². The van der Waals surface area contributed by atoms with E-state index >= 15 is 0 Å². The Morgan fingerprint density at radius 2 is 2.06 bits per heavy atom. The Labute approximate surface area is 185 Å². The number of epoxide rings is 1. The first-order valence-corrected chi connectivity index (χ1v) is 12.5. The van der Waals surface area contributed by atoms with Crippen molar-refractivity contribution in [2.75, 3.05) is 38.6 Å². The topological polar surface area (TPSA) is 129 Å². The number of carbonyl (C=O) groups is 1. The summed E-state index contributed by atoms with van der Waals surface area (Å²) in [5.74, 6) is 0.422. The first-order valence-electron chi connectivity index (χ1n) is 9.53. The molecule has 170 valence electrons. The largest absolute Gasteiger partial charge is 0.493 e. The molecule has 1 aromatic carbocycles. The SMILES string of the molecule is CCOc1cc([C@@H](CS(C)(=O)=O)NC2OC2c2c(C(=O)OC)csc2N)ccc1OC. The smallest absolute Gasteiger partial charge is 0.339 e. The van der Waals surface area contributed by atoms with Gasteiger partial charge >= 0.3 is 5.97 Å². The molecular weight excluding hydrogens is 444 g/mol. The van der Waals surface area contributed by atoms with Gasteiger partial charge in [-0.1, -0.05) is 6.07 Å². The summed E-state index contributed by atoms with van der Waals surface area (Å²) in [6, 6.07) is 4.69. The molecule has 3 N–H and O–H groups in total. The molecule has 2 aromatic rings. The van der Waals surface area contributed by atoms with E-state index in [9.17, 15) is 13.2 Å². The maximum atomic E-state index is 12.1. The maximum Gasteiger partial charge on any atom is 0.339 e. The van der Waals surface area contributed by atoms with Crippen LogP contribution < -0.4 is 20.5 Å². The third-order valence-corrected chi connectivity index (χ3v) is 6.53. The standard InChI is InChI=1S/C20H26N2O7S2/c1-5-28-15-8-11(6-7-14(15)26-2)13(10-31(4,24)25)22-19-17(29-19)16-12(20(23)27-3)9-30-18(16)21/h6-9,13,17,19,22H,5,10,21H2,1-4H3/t13-,17?,19?/m1/s1. The van der Waals surface area contributed by atoms with E-state index in [2.05, 4.69) is 5.32 Å². The molecule has 2 heterocycles. The van der Waals surface area contributed by atoms with E-state index < -0.39 is 34.2 Å². The molecule has 9 nitrogen and oxygen atoms in total. The second-order valence-electron chi connectivity index (χ2n) is 7.05. The fourth-order valence-electron chi connectivity index (χ4n) is 3.32. The summed E-state index contributed by atoms with van der Waals surface area (Å²) in [5, 5.41) is 5.30. The number of carbonyl (C=O) groups excluding carboxylic acids is 1. The lowest BCUT2D eigenvalue weighted by atomic mass is 10.1. The zero-order valence-electron chi connectivity index (χ0n) is 17.7. The molecule has 3 atom stereocenters. The molecule has 1 aromatic heterocycles. The van der Waals surface area contributed by atoms with Crippen LogP contribution in [0.25, 0.3) is 0 Å². The first kappa shape index (κ1) is 23.3. The fraction of sp³-hybridized carbons (Fsp3) is 0.450. The number of thiophene rings is 1. The van der Waals surface area contributed by atoms with E-state index in [1.165, 1.54) is 31.8 Å². The Bertz CT molecular complexity index is 1050. The minimum Gasteiger partial charge on any atom is -0.493 e.